The van der Waals surface area contributed by atoms with Gasteiger partial charge in [-0.15, -0.1) is 0 Å². The summed E-state index contributed by atoms with van der Waals surface area (Å²) in [7, 11) is 0. The molecule has 0 N–H and O–H groups in total. The van der Waals surface area contributed by atoms with Crippen LogP contribution in [0.15, 0.2) is 97.2 Å². The van der Waals surface area contributed by atoms with Gasteiger partial charge in [0.15, 0.2) is 6.10 Å². The van der Waals surface area contributed by atoms with Crippen LogP contribution in [0.1, 0.15) is 226 Å². The lowest BCUT2D eigenvalue weighted by Gasteiger charge is -2.18. The summed E-state index contributed by atoms with van der Waals surface area (Å²) in [5.74, 6) is -0.977. The predicted molar refractivity (Wildman–Crippen MR) is 270 cm³/mol. The van der Waals surface area contributed by atoms with Crippen LogP contribution in [0.4, 0.5) is 0 Å². The van der Waals surface area contributed by atoms with Gasteiger partial charge in [0.05, 0.1) is 0 Å². The molecule has 0 spiro atoms. The van der Waals surface area contributed by atoms with Crippen LogP contribution in [0.3, 0.4) is 0 Å². The SMILES string of the molecule is CC/C=C\C/C=C\C/C=C\C/C=C\C/C=C\CCCCCC(=O)OCC(COC(=O)CCCC/C=C\C/C=C\C/C=C\CC)OC(=O)CCCCCCCCCCCCCCCC. The highest BCUT2D eigenvalue weighted by molar-refractivity contribution is 5.71. The Labute approximate surface area is 387 Å². The maximum Gasteiger partial charge on any atom is 0.306 e. The number of hydrogen-bond donors (Lipinski definition) is 0. The largest absolute Gasteiger partial charge is 0.462 e. The molecule has 0 aromatic rings. The summed E-state index contributed by atoms with van der Waals surface area (Å²) in [6.45, 7) is 6.34. The number of hydrogen-bond acceptors (Lipinski definition) is 6. The van der Waals surface area contributed by atoms with Gasteiger partial charge in [-0.1, -0.05) is 208 Å². The molecule has 0 aromatic heterocycles. The molecule has 0 fully saturated rings. The molecular weight excluding hydrogens is 781 g/mol. The molecule has 0 aliphatic rings. The highest BCUT2D eigenvalue weighted by atomic mass is 16.6. The fourth-order valence-corrected chi connectivity index (χ4v) is 6.78. The van der Waals surface area contributed by atoms with E-state index in [9.17, 15) is 14.4 Å². The molecule has 0 heterocycles. The third kappa shape index (κ3) is 49.2. The van der Waals surface area contributed by atoms with E-state index < -0.39 is 6.10 Å². The Balaban J connectivity index is 4.47. The van der Waals surface area contributed by atoms with Gasteiger partial charge in [-0.25, -0.2) is 0 Å². The summed E-state index contributed by atoms with van der Waals surface area (Å²) in [4.78, 5) is 37.9. The zero-order valence-corrected chi connectivity index (χ0v) is 40.8. The van der Waals surface area contributed by atoms with Crippen LogP contribution in [0, 0.1) is 0 Å². The van der Waals surface area contributed by atoms with Crippen molar-refractivity contribution >= 4 is 17.9 Å². The van der Waals surface area contributed by atoms with E-state index in [1.807, 2.05) is 0 Å². The molecule has 0 aromatic carbocycles. The van der Waals surface area contributed by atoms with Crippen molar-refractivity contribution in [2.75, 3.05) is 13.2 Å². The van der Waals surface area contributed by atoms with Gasteiger partial charge in [-0.3, -0.25) is 14.4 Å². The number of unbranched alkanes of at least 4 members (excludes halogenated alkanes) is 18. The summed E-state index contributed by atoms with van der Waals surface area (Å²) < 4.78 is 16.7. The van der Waals surface area contributed by atoms with Gasteiger partial charge in [0.25, 0.3) is 0 Å². The Kier molecular flexibility index (Phi) is 48.0. The van der Waals surface area contributed by atoms with Gasteiger partial charge >= 0.3 is 17.9 Å². The van der Waals surface area contributed by atoms with Crippen LogP contribution < -0.4 is 0 Å². The Morgan fingerprint density at radius 1 is 0.333 bits per heavy atom. The van der Waals surface area contributed by atoms with Crippen molar-refractivity contribution in [1.29, 1.82) is 0 Å². The third-order valence-corrected chi connectivity index (χ3v) is 10.6. The van der Waals surface area contributed by atoms with E-state index in [-0.39, 0.29) is 31.1 Å². The van der Waals surface area contributed by atoms with E-state index >= 15 is 0 Å². The second kappa shape index (κ2) is 51.0. The average Bonchev–Trinajstić information content (AvgIpc) is 3.28. The number of allylic oxidation sites excluding steroid dienone is 16. The maximum atomic E-state index is 12.8. The molecule has 1 unspecified atom stereocenters. The topological polar surface area (TPSA) is 78.9 Å². The molecule has 6 nitrogen and oxygen atoms in total. The molecule has 0 bridgehead atoms. The zero-order chi connectivity index (χ0) is 45.8. The van der Waals surface area contributed by atoms with Crippen molar-refractivity contribution in [3.8, 4) is 0 Å². The van der Waals surface area contributed by atoms with Crippen LogP contribution in [-0.2, 0) is 28.6 Å². The Bertz CT molecular complexity index is 1280. The van der Waals surface area contributed by atoms with Crippen molar-refractivity contribution in [2.45, 2.75) is 232 Å². The molecule has 63 heavy (non-hydrogen) atoms. The van der Waals surface area contributed by atoms with Crippen molar-refractivity contribution in [1.82, 2.24) is 0 Å². The number of carbonyl (C=O) groups excluding carboxylic acids is 3. The van der Waals surface area contributed by atoms with Gasteiger partial charge in [0.2, 0.25) is 0 Å². The van der Waals surface area contributed by atoms with Gasteiger partial charge < -0.3 is 14.2 Å². The Hall–Kier alpha value is -3.67. The molecule has 6 heteroatoms. The zero-order valence-electron chi connectivity index (χ0n) is 40.8. The first-order valence-corrected chi connectivity index (χ1v) is 25.7. The molecular formula is C57H94O6. The molecule has 0 aliphatic heterocycles. The lowest BCUT2D eigenvalue weighted by molar-refractivity contribution is -0.167. The number of esters is 3. The number of rotatable bonds is 45. The Morgan fingerprint density at radius 2 is 0.619 bits per heavy atom. The molecule has 0 aliphatic carbocycles. The molecule has 0 radical (unpaired) electrons. The van der Waals surface area contributed by atoms with E-state index in [0.717, 1.165) is 116 Å². The lowest BCUT2D eigenvalue weighted by atomic mass is 10.0. The highest BCUT2D eigenvalue weighted by Crippen LogP contribution is 2.14. The molecule has 358 valence electrons. The monoisotopic (exact) mass is 875 g/mol. The minimum absolute atomic E-state index is 0.106. The van der Waals surface area contributed by atoms with E-state index in [1.54, 1.807) is 0 Å². The molecule has 0 rings (SSSR count). The van der Waals surface area contributed by atoms with E-state index in [2.05, 4.69) is 118 Å². The first-order chi connectivity index (χ1) is 31.0. The van der Waals surface area contributed by atoms with Crippen LogP contribution in [-0.4, -0.2) is 37.2 Å². The Morgan fingerprint density at radius 3 is 1.00 bits per heavy atom. The fourth-order valence-electron chi connectivity index (χ4n) is 6.78. The van der Waals surface area contributed by atoms with Crippen molar-refractivity contribution in [2.24, 2.45) is 0 Å². The van der Waals surface area contributed by atoms with Gasteiger partial charge in [-0.2, -0.15) is 0 Å². The summed E-state index contributed by atoms with van der Waals surface area (Å²) in [5.41, 5.74) is 0. The predicted octanol–water partition coefficient (Wildman–Crippen LogP) is 17.0. The quantitative estimate of drug-likeness (QED) is 0.0262. The number of carbonyl (C=O) groups is 3. The molecule has 0 amide bonds. The molecule has 0 saturated carbocycles. The first-order valence-electron chi connectivity index (χ1n) is 25.7. The summed E-state index contributed by atoms with van der Waals surface area (Å²) >= 11 is 0. The van der Waals surface area contributed by atoms with Gasteiger partial charge in [0, 0.05) is 19.3 Å². The molecule has 0 saturated heterocycles. The first kappa shape index (κ1) is 59.3. The lowest BCUT2D eigenvalue weighted by Crippen LogP contribution is -2.30. The van der Waals surface area contributed by atoms with E-state index in [0.29, 0.717) is 19.3 Å². The van der Waals surface area contributed by atoms with Crippen molar-refractivity contribution in [3.63, 3.8) is 0 Å². The summed E-state index contributed by atoms with van der Waals surface area (Å²) in [6, 6.07) is 0. The summed E-state index contributed by atoms with van der Waals surface area (Å²) in [5, 5.41) is 0. The van der Waals surface area contributed by atoms with Crippen LogP contribution in [0.5, 0.6) is 0 Å². The number of ether oxygens (including phenoxy) is 3. The van der Waals surface area contributed by atoms with Crippen LogP contribution in [0.2, 0.25) is 0 Å². The van der Waals surface area contributed by atoms with Crippen molar-refractivity contribution < 1.29 is 28.6 Å². The maximum absolute atomic E-state index is 12.8. The fraction of sp³-hybridized carbons (Fsp3) is 0.667. The second-order valence-electron chi connectivity index (χ2n) is 16.7. The van der Waals surface area contributed by atoms with Crippen LogP contribution in [0.25, 0.3) is 0 Å². The minimum Gasteiger partial charge on any atom is -0.462 e. The smallest absolute Gasteiger partial charge is 0.306 e. The van der Waals surface area contributed by atoms with Crippen molar-refractivity contribution in [3.05, 3.63) is 97.2 Å². The molecule has 1 atom stereocenters. The minimum atomic E-state index is -0.805. The van der Waals surface area contributed by atoms with E-state index in [4.69, 9.17) is 14.2 Å². The normalized spacial score (nSPS) is 12.9. The standard InChI is InChI=1S/C57H94O6/c1-4-7-10-13-16-19-22-25-27-28-29-30-31-33-35-38-41-44-47-50-56(59)62-53-54(52-61-55(58)49-46-43-40-37-34-24-21-18-15-12-9-6-3)63-57(60)51-48-45-42-39-36-32-26-23-20-17-14-11-8-5-2/h7,9-10,12,16,18-19,21,25,27,29-30,33-35,37,54H,4-6,8,11,13-15,17,20,22-24,26,28,31-32,36,38-53H2,1-3H3/b10-7-,12-9-,19-16-,21-18-,27-25-,30-29-,35-33-,37-34-. The average molecular weight is 875 g/mol. The van der Waals surface area contributed by atoms with Crippen LogP contribution >= 0.6 is 0 Å². The summed E-state index contributed by atoms with van der Waals surface area (Å²) in [6.07, 6.45) is 66.8. The van der Waals surface area contributed by atoms with Gasteiger partial charge in [-0.05, 0) is 96.3 Å². The third-order valence-electron chi connectivity index (χ3n) is 10.6. The van der Waals surface area contributed by atoms with Gasteiger partial charge in [0.1, 0.15) is 13.2 Å². The second-order valence-corrected chi connectivity index (χ2v) is 16.7. The van der Waals surface area contributed by atoms with E-state index in [1.165, 1.54) is 70.6 Å². The highest BCUT2D eigenvalue weighted by Gasteiger charge is 2.19.